The van der Waals surface area contributed by atoms with Crippen LogP contribution in [0, 0.1) is 6.92 Å². The van der Waals surface area contributed by atoms with Crippen molar-refractivity contribution in [1.29, 1.82) is 0 Å². The minimum atomic E-state index is -0.361. The summed E-state index contributed by atoms with van der Waals surface area (Å²) in [6.45, 7) is 4.36. The van der Waals surface area contributed by atoms with E-state index in [0.29, 0.717) is 12.4 Å². The Bertz CT molecular complexity index is 914. The van der Waals surface area contributed by atoms with Gasteiger partial charge in [0.1, 0.15) is 11.6 Å². The van der Waals surface area contributed by atoms with Crippen molar-refractivity contribution in [3.05, 3.63) is 89.4 Å². The van der Waals surface area contributed by atoms with E-state index in [9.17, 15) is 4.79 Å². The molecule has 0 spiro atoms. The van der Waals surface area contributed by atoms with Crippen molar-refractivity contribution in [2.24, 2.45) is 0 Å². The molecule has 1 N–H and O–H groups in total. The van der Waals surface area contributed by atoms with Gasteiger partial charge in [-0.05, 0) is 30.9 Å². The molecule has 4 rings (SSSR count). The molecule has 1 fully saturated rings. The second kappa shape index (κ2) is 8.86. The number of amides is 1. The van der Waals surface area contributed by atoms with E-state index in [1.807, 2.05) is 73.7 Å². The van der Waals surface area contributed by atoms with Crippen LogP contribution in [0.2, 0.25) is 0 Å². The lowest BCUT2D eigenvalue weighted by molar-refractivity contribution is -0.121. The van der Waals surface area contributed by atoms with Gasteiger partial charge in [-0.1, -0.05) is 60.7 Å². The normalized spacial score (nSPS) is 13.7. The van der Waals surface area contributed by atoms with Crippen LogP contribution >= 0.6 is 0 Å². The molecular formula is C24H26N4O. The predicted octanol–water partition coefficient (Wildman–Crippen LogP) is 3.83. The van der Waals surface area contributed by atoms with E-state index in [1.54, 1.807) is 0 Å². The summed E-state index contributed by atoms with van der Waals surface area (Å²) >= 11 is 0. The van der Waals surface area contributed by atoms with Gasteiger partial charge in [-0.25, -0.2) is 9.97 Å². The summed E-state index contributed by atoms with van der Waals surface area (Å²) in [5, 5.41) is 3.06. The molecule has 1 aromatic heterocycles. The van der Waals surface area contributed by atoms with Crippen molar-refractivity contribution in [1.82, 2.24) is 15.3 Å². The molecule has 5 heteroatoms. The number of rotatable bonds is 6. The lowest BCUT2D eigenvalue weighted by atomic mass is 9.90. The molecule has 5 nitrogen and oxygen atoms in total. The van der Waals surface area contributed by atoms with Gasteiger partial charge >= 0.3 is 0 Å². The minimum absolute atomic E-state index is 0.0461. The van der Waals surface area contributed by atoms with Crippen LogP contribution in [0.5, 0.6) is 0 Å². The van der Waals surface area contributed by atoms with E-state index in [2.05, 4.69) is 15.2 Å². The Morgan fingerprint density at radius 1 is 0.966 bits per heavy atom. The van der Waals surface area contributed by atoms with E-state index in [4.69, 9.17) is 4.98 Å². The van der Waals surface area contributed by atoms with Gasteiger partial charge in [0.15, 0.2) is 0 Å². The van der Waals surface area contributed by atoms with Crippen molar-refractivity contribution in [3.8, 4) is 0 Å². The Morgan fingerprint density at radius 2 is 1.55 bits per heavy atom. The van der Waals surface area contributed by atoms with Crippen molar-refractivity contribution in [3.63, 3.8) is 0 Å². The van der Waals surface area contributed by atoms with E-state index >= 15 is 0 Å². The SMILES string of the molecule is Cc1cc(N2CCCC2)nc(CNC(=O)C(c2ccccc2)c2ccccc2)n1. The Morgan fingerprint density at radius 3 is 2.14 bits per heavy atom. The fourth-order valence-electron chi connectivity index (χ4n) is 3.85. The van der Waals surface area contributed by atoms with Gasteiger partial charge in [0.05, 0.1) is 12.5 Å². The standard InChI is InChI=1S/C24H26N4O/c1-18-16-22(28-14-8-9-15-28)27-21(26-18)17-25-24(29)23(19-10-4-2-5-11-19)20-12-6-3-7-13-20/h2-7,10-13,16,23H,8-9,14-15,17H2,1H3,(H,25,29). The molecular weight excluding hydrogens is 360 g/mol. The first kappa shape index (κ1) is 19.1. The molecule has 3 aromatic rings. The van der Waals surface area contributed by atoms with Gasteiger partial charge < -0.3 is 10.2 Å². The molecule has 0 bridgehead atoms. The molecule has 0 aliphatic carbocycles. The quantitative estimate of drug-likeness (QED) is 0.699. The first-order valence-electron chi connectivity index (χ1n) is 10.2. The van der Waals surface area contributed by atoms with Crippen LogP contribution in [-0.2, 0) is 11.3 Å². The van der Waals surface area contributed by atoms with Gasteiger partial charge in [-0.3, -0.25) is 4.79 Å². The van der Waals surface area contributed by atoms with Crippen molar-refractivity contribution >= 4 is 11.7 Å². The number of benzene rings is 2. The van der Waals surface area contributed by atoms with Crippen molar-refractivity contribution in [2.75, 3.05) is 18.0 Å². The smallest absolute Gasteiger partial charge is 0.232 e. The summed E-state index contributed by atoms with van der Waals surface area (Å²) in [4.78, 5) is 24.7. The molecule has 0 saturated carbocycles. The number of hydrogen-bond donors (Lipinski definition) is 1. The molecule has 1 aliphatic rings. The topological polar surface area (TPSA) is 58.1 Å². The van der Waals surface area contributed by atoms with Gasteiger partial charge in [-0.2, -0.15) is 0 Å². The second-order valence-electron chi connectivity index (χ2n) is 7.45. The summed E-state index contributed by atoms with van der Waals surface area (Å²) in [7, 11) is 0. The zero-order valence-electron chi connectivity index (χ0n) is 16.7. The summed E-state index contributed by atoms with van der Waals surface area (Å²) in [5.41, 5.74) is 2.87. The Kier molecular flexibility index (Phi) is 5.84. The largest absolute Gasteiger partial charge is 0.357 e. The van der Waals surface area contributed by atoms with Gasteiger partial charge in [-0.15, -0.1) is 0 Å². The average Bonchev–Trinajstić information content (AvgIpc) is 3.29. The third-order valence-electron chi connectivity index (χ3n) is 5.27. The van der Waals surface area contributed by atoms with Crippen LogP contribution in [-0.4, -0.2) is 29.0 Å². The molecule has 1 aliphatic heterocycles. The average molecular weight is 386 g/mol. The number of aryl methyl sites for hydroxylation is 1. The van der Waals surface area contributed by atoms with Crippen molar-refractivity contribution in [2.45, 2.75) is 32.2 Å². The third-order valence-corrected chi connectivity index (χ3v) is 5.27. The maximum atomic E-state index is 13.2. The van der Waals surface area contributed by atoms with E-state index in [1.165, 1.54) is 12.8 Å². The maximum Gasteiger partial charge on any atom is 0.232 e. The van der Waals surface area contributed by atoms with Crippen LogP contribution in [0.1, 0.15) is 41.4 Å². The fraction of sp³-hybridized carbons (Fsp3) is 0.292. The number of nitrogens with one attached hydrogen (secondary N) is 1. The zero-order chi connectivity index (χ0) is 20.1. The van der Waals surface area contributed by atoms with E-state index < -0.39 is 0 Å². The molecule has 0 unspecified atom stereocenters. The Balaban J connectivity index is 1.53. The molecule has 148 valence electrons. The van der Waals surface area contributed by atoms with Crippen molar-refractivity contribution < 1.29 is 4.79 Å². The molecule has 29 heavy (non-hydrogen) atoms. The number of aromatic nitrogens is 2. The summed E-state index contributed by atoms with van der Waals surface area (Å²) in [6.07, 6.45) is 2.40. The maximum absolute atomic E-state index is 13.2. The highest BCUT2D eigenvalue weighted by Gasteiger charge is 2.23. The lowest BCUT2D eigenvalue weighted by Gasteiger charge is -2.19. The number of hydrogen-bond acceptors (Lipinski definition) is 4. The first-order chi connectivity index (χ1) is 14.2. The number of anilines is 1. The molecule has 1 saturated heterocycles. The fourth-order valence-corrected chi connectivity index (χ4v) is 3.85. The molecule has 2 heterocycles. The number of nitrogens with zero attached hydrogens (tertiary/aromatic N) is 3. The van der Waals surface area contributed by atoms with E-state index in [0.717, 1.165) is 35.7 Å². The van der Waals surface area contributed by atoms with Crippen LogP contribution in [0.4, 0.5) is 5.82 Å². The Labute approximate surface area is 171 Å². The number of carbonyl (C=O) groups excluding carboxylic acids is 1. The van der Waals surface area contributed by atoms with Crippen LogP contribution in [0.3, 0.4) is 0 Å². The van der Waals surface area contributed by atoms with E-state index in [-0.39, 0.29) is 11.8 Å². The minimum Gasteiger partial charge on any atom is -0.357 e. The lowest BCUT2D eigenvalue weighted by Crippen LogP contribution is -2.30. The monoisotopic (exact) mass is 386 g/mol. The van der Waals surface area contributed by atoms with Crippen LogP contribution < -0.4 is 10.2 Å². The zero-order valence-corrected chi connectivity index (χ0v) is 16.7. The van der Waals surface area contributed by atoms with Gasteiger partial charge in [0.2, 0.25) is 5.91 Å². The molecule has 2 aromatic carbocycles. The summed E-state index contributed by atoms with van der Waals surface area (Å²) in [5.74, 6) is 1.21. The van der Waals surface area contributed by atoms with Crippen LogP contribution in [0.25, 0.3) is 0 Å². The highest BCUT2D eigenvalue weighted by molar-refractivity contribution is 5.87. The number of carbonyl (C=O) groups is 1. The Hall–Kier alpha value is -3.21. The second-order valence-corrected chi connectivity index (χ2v) is 7.45. The molecule has 0 atom stereocenters. The highest BCUT2D eigenvalue weighted by atomic mass is 16.1. The predicted molar refractivity (Wildman–Crippen MR) is 115 cm³/mol. The molecule has 0 radical (unpaired) electrons. The molecule has 1 amide bonds. The summed E-state index contributed by atoms with van der Waals surface area (Å²) in [6, 6.07) is 21.8. The third kappa shape index (κ3) is 4.62. The van der Waals surface area contributed by atoms with Crippen LogP contribution in [0.15, 0.2) is 66.7 Å². The first-order valence-corrected chi connectivity index (χ1v) is 10.2. The van der Waals surface area contributed by atoms with Gasteiger partial charge in [0.25, 0.3) is 0 Å². The summed E-state index contributed by atoms with van der Waals surface area (Å²) < 4.78 is 0. The highest BCUT2D eigenvalue weighted by Crippen LogP contribution is 2.25. The van der Waals surface area contributed by atoms with Gasteiger partial charge in [0, 0.05) is 24.8 Å².